The molecule has 0 amide bonds. The van der Waals surface area contributed by atoms with Crippen molar-refractivity contribution in [3.05, 3.63) is 0 Å². The number of hydrogen-bond acceptors (Lipinski definition) is 1. The van der Waals surface area contributed by atoms with E-state index < -0.39 is 0 Å². The summed E-state index contributed by atoms with van der Waals surface area (Å²) >= 11 is 3.43. The smallest absolute Gasteiger partial charge is 0.0802 e. The third-order valence-corrected chi connectivity index (χ3v) is 2.75. The van der Waals surface area contributed by atoms with Crippen molar-refractivity contribution in [1.29, 1.82) is 0 Å². The highest BCUT2D eigenvalue weighted by atomic mass is 79.9. The minimum absolute atomic E-state index is 0.647. The van der Waals surface area contributed by atoms with Crippen molar-refractivity contribution < 1.29 is 0 Å². The third kappa shape index (κ3) is 1.78. The second-order valence-corrected chi connectivity index (χ2v) is 3.72. The Morgan fingerprint density at radius 2 is 2.22 bits per heavy atom. The van der Waals surface area contributed by atoms with Gasteiger partial charge in [-0.05, 0) is 28.3 Å². The number of aliphatic imine (C=N–C) groups is 1. The molecule has 1 aliphatic heterocycles. The summed E-state index contributed by atoms with van der Waals surface area (Å²) in [5.74, 6) is 1.43. The van der Waals surface area contributed by atoms with E-state index in [2.05, 4.69) is 34.8 Å². The summed E-state index contributed by atoms with van der Waals surface area (Å²) in [6.45, 7) is 5.47. The topological polar surface area (TPSA) is 12.4 Å². The summed E-state index contributed by atoms with van der Waals surface area (Å²) < 4.78 is 1.15. The van der Waals surface area contributed by atoms with Crippen LogP contribution in [0.15, 0.2) is 4.99 Å². The molecule has 52 valence electrons. The van der Waals surface area contributed by atoms with Gasteiger partial charge in [-0.3, -0.25) is 4.99 Å². The largest absolute Gasteiger partial charge is 0.282 e. The van der Waals surface area contributed by atoms with E-state index in [0.29, 0.717) is 5.92 Å². The fourth-order valence-electron chi connectivity index (χ4n) is 1.17. The van der Waals surface area contributed by atoms with E-state index in [4.69, 9.17) is 0 Å². The highest BCUT2D eigenvalue weighted by Crippen LogP contribution is 2.21. The van der Waals surface area contributed by atoms with Crippen LogP contribution in [0, 0.1) is 11.8 Å². The molecule has 9 heavy (non-hydrogen) atoms. The van der Waals surface area contributed by atoms with Gasteiger partial charge in [-0.2, -0.15) is 0 Å². The molecule has 2 unspecified atom stereocenters. The van der Waals surface area contributed by atoms with Gasteiger partial charge in [0, 0.05) is 12.5 Å². The summed E-state index contributed by atoms with van der Waals surface area (Å²) in [5.41, 5.74) is 0. The summed E-state index contributed by atoms with van der Waals surface area (Å²) in [6.07, 6.45) is 1.28. The van der Waals surface area contributed by atoms with Crippen molar-refractivity contribution in [3.8, 4) is 0 Å². The van der Waals surface area contributed by atoms with Crippen molar-refractivity contribution in [2.75, 3.05) is 6.54 Å². The number of nitrogens with zero attached hydrogens (tertiary/aromatic N) is 1. The molecule has 0 radical (unpaired) electrons. The molecule has 1 heterocycles. The molecule has 0 aromatic heterocycles. The van der Waals surface area contributed by atoms with Crippen LogP contribution in [0.5, 0.6) is 0 Å². The lowest BCUT2D eigenvalue weighted by atomic mass is 9.96. The minimum atomic E-state index is 0.647. The molecule has 0 saturated heterocycles. The zero-order chi connectivity index (χ0) is 6.85. The van der Waals surface area contributed by atoms with Crippen molar-refractivity contribution >= 4 is 20.6 Å². The number of halogens is 1. The highest BCUT2D eigenvalue weighted by molar-refractivity contribution is 9.18. The SMILES string of the molecule is CC1CN=C(Br)C(C)C1. The average Bonchev–Trinajstić information content (AvgIpc) is 1.80. The van der Waals surface area contributed by atoms with Crippen LogP contribution in [0.4, 0.5) is 0 Å². The maximum atomic E-state index is 4.33. The summed E-state index contributed by atoms with van der Waals surface area (Å²) in [5, 5.41) is 0. The third-order valence-electron chi connectivity index (χ3n) is 1.72. The molecule has 0 saturated carbocycles. The molecule has 0 spiro atoms. The molecule has 0 aromatic carbocycles. The molecule has 0 bridgehead atoms. The van der Waals surface area contributed by atoms with Gasteiger partial charge in [0.05, 0.1) is 4.62 Å². The summed E-state index contributed by atoms with van der Waals surface area (Å²) in [6, 6.07) is 0. The van der Waals surface area contributed by atoms with Gasteiger partial charge in [-0.1, -0.05) is 13.8 Å². The van der Waals surface area contributed by atoms with E-state index in [-0.39, 0.29) is 0 Å². The fourth-order valence-corrected chi connectivity index (χ4v) is 1.51. The van der Waals surface area contributed by atoms with Gasteiger partial charge in [0.1, 0.15) is 0 Å². The average molecular weight is 190 g/mol. The Bertz CT molecular complexity index is 131. The Labute approximate surface area is 64.7 Å². The first-order chi connectivity index (χ1) is 4.20. The first kappa shape index (κ1) is 7.26. The lowest BCUT2D eigenvalue weighted by Gasteiger charge is -2.20. The predicted octanol–water partition coefficient (Wildman–Crippen LogP) is 2.46. The molecule has 2 heteroatoms. The second kappa shape index (κ2) is 2.82. The minimum Gasteiger partial charge on any atom is -0.282 e. The zero-order valence-electron chi connectivity index (χ0n) is 5.89. The summed E-state index contributed by atoms with van der Waals surface area (Å²) in [4.78, 5) is 4.33. The molecule has 0 aliphatic carbocycles. The van der Waals surface area contributed by atoms with Crippen LogP contribution in [0.3, 0.4) is 0 Å². The molecule has 0 N–H and O–H groups in total. The second-order valence-electron chi connectivity index (χ2n) is 2.91. The van der Waals surface area contributed by atoms with Crippen LogP contribution < -0.4 is 0 Å². The van der Waals surface area contributed by atoms with Crippen molar-refractivity contribution in [1.82, 2.24) is 0 Å². The van der Waals surface area contributed by atoms with E-state index in [1.165, 1.54) is 6.42 Å². The lowest BCUT2D eigenvalue weighted by Crippen LogP contribution is -2.17. The van der Waals surface area contributed by atoms with E-state index in [0.717, 1.165) is 17.1 Å². The van der Waals surface area contributed by atoms with Gasteiger partial charge in [0.25, 0.3) is 0 Å². The quantitative estimate of drug-likeness (QED) is 0.556. The van der Waals surface area contributed by atoms with Gasteiger partial charge in [0.2, 0.25) is 0 Å². The monoisotopic (exact) mass is 189 g/mol. The van der Waals surface area contributed by atoms with Gasteiger partial charge in [0.15, 0.2) is 0 Å². The molecule has 2 atom stereocenters. The molecule has 1 aliphatic rings. The van der Waals surface area contributed by atoms with Crippen LogP contribution in [0.1, 0.15) is 20.3 Å². The molecule has 1 nitrogen and oxygen atoms in total. The van der Waals surface area contributed by atoms with Crippen LogP contribution in [0.25, 0.3) is 0 Å². The normalized spacial score (nSPS) is 36.1. The first-order valence-electron chi connectivity index (χ1n) is 3.40. The zero-order valence-corrected chi connectivity index (χ0v) is 7.48. The van der Waals surface area contributed by atoms with Crippen LogP contribution in [-0.4, -0.2) is 11.2 Å². The van der Waals surface area contributed by atoms with Gasteiger partial charge in [-0.15, -0.1) is 0 Å². The Hall–Kier alpha value is 0.150. The van der Waals surface area contributed by atoms with E-state index >= 15 is 0 Å². The standard InChI is InChI=1S/C7H12BrN/c1-5-3-6(2)7(8)9-4-5/h5-6H,3-4H2,1-2H3. The molecule has 0 fully saturated rings. The first-order valence-corrected chi connectivity index (χ1v) is 4.19. The lowest BCUT2D eigenvalue weighted by molar-refractivity contribution is 0.473. The number of rotatable bonds is 0. The predicted molar refractivity (Wildman–Crippen MR) is 44.2 cm³/mol. The Kier molecular flexibility index (Phi) is 2.28. The van der Waals surface area contributed by atoms with Crippen LogP contribution in [0.2, 0.25) is 0 Å². The number of hydrogen-bond donors (Lipinski definition) is 0. The maximum Gasteiger partial charge on any atom is 0.0802 e. The van der Waals surface area contributed by atoms with Crippen LogP contribution in [-0.2, 0) is 0 Å². The maximum absolute atomic E-state index is 4.33. The molecule has 0 aromatic rings. The van der Waals surface area contributed by atoms with Gasteiger partial charge >= 0.3 is 0 Å². The Balaban J connectivity index is 2.56. The highest BCUT2D eigenvalue weighted by Gasteiger charge is 2.16. The van der Waals surface area contributed by atoms with E-state index in [1.807, 2.05) is 0 Å². The van der Waals surface area contributed by atoms with Crippen molar-refractivity contribution in [2.24, 2.45) is 16.8 Å². The van der Waals surface area contributed by atoms with Gasteiger partial charge < -0.3 is 0 Å². The Morgan fingerprint density at radius 3 is 2.67 bits per heavy atom. The van der Waals surface area contributed by atoms with E-state index in [1.54, 1.807) is 0 Å². The van der Waals surface area contributed by atoms with Crippen molar-refractivity contribution in [3.63, 3.8) is 0 Å². The molecule has 1 rings (SSSR count). The fraction of sp³-hybridized carbons (Fsp3) is 0.857. The molecular formula is C7H12BrN. The van der Waals surface area contributed by atoms with Gasteiger partial charge in [-0.25, -0.2) is 0 Å². The van der Waals surface area contributed by atoms with Crippen LogP contribution >= 0.6 is 15.9 Å². The Morgan fingerprint density at radius 1 is 1.56 bits per heavy atom. The van der Waals surface area contributed by atoms with E-state index in [9.17, 15) is 0 Å². The molecular weight excluding hydrogens is 178 g/mol. The summed E-state index contributed by atoms with van der Waals surface area (Å²) in [7, 11) is 0. The van der Waals surface area contributed by atoms with Crippen molar-refractivity contribution in [2.45, 2.75) is 20.3 Å².